The minimum absolute atomic E-state index is 0.00370. The lowest BCUT2D eigenvalue weighted by Gasteiger charge is -2.26. The van der Waals surface area contributed by atoms with Gasteiger partial charge in [-0.2, -0.15) is 5.10 Å². The molecule has 4 aromatic rings. The summed E-state index contributed by atoms with van der Waals surface area (Å²) in [6.45, 7) is 5.40. The van der Waals surface area contributed by atoms with E-state index >= 15 is 0 Å². The lowest BCUT2D eigenvalue weighted by molar-refractivity contribution is -0.157. The molecule has 0 aliphatic carbocycles. The van der Waals surface area contributed by atoms with Gasteiger partial charge < -0.3 is 10.1 Å². The Bertz CT molecular complexity index is 1490. The second-order valence-corrected chi connectivity index (χ2v) is 10.6. The van der Waals surface area contributed by atoms with Gasteiger partial charge in [0.1, 0.15) is 18.2 Å². The maximum absolute atomic E-state index is 13.9. The van der Waals surface area contributed by atoms with Crippen molar-refractivity contribution in [2.45, 2.75) is 38.8 Å². The third-order valence-electron chi connectivity index (χ3n) is 6.06. The van der Waals surface area contributed by atoms with Gasteiger partial charge in [-0.1, -0.05) is 121 Å². The van der Waals surface area contributed by atoms with Crippen LogP contribution in [-0.4, -0.2) is 40.9 Å². The van der Waals surface area contributed by atoms with E-state index in [9.17, 15) is 9.59 Å². The fourth-order valence-corrected chi connectivity index (χ4v) is 4.12. The number of carbonyl (C=O) groups is 2. The van der Waals surface area contributed by atoms with E-state index in [1.54, 1.807) is 20.8 Å². The molecule has 4 aromatic carbocycles. The molecule has 1 atom stereocenters. The predicted molar refractivity (Wildman–Crippen MR) is 167 cm³/mol. The number of ether oxygens (including phenoxy) is 1. The highest BCUT2D eigenvalue weighted by molar-refractivity contribution is 6.13. The number of benzene rings is 4. The molecule has 2 amide bonds. The molecule has 0 saturated carbocycles. The lowest BCUT2D eigenvalue weighted by atomic mass is 10.0. The van der Waals surface area contributed by atoms with Crippen molar-refractivity contribution in [2.24, 2.45) is 5.10 Å². The van der Waals surface area contributed by atoms with E-state index in [-0.39, 0.29) is 13.0 Å². The van der Waals surface area contributed by atoms with Crippen molar-refractivity contribution in [3.63, 3.8) is 0 Å². The second kappa shape index (κ2) is 14.5. The molecule has 6 nitrogen and oxygen atoms in total. The van der Waals surface area contributed by atoms with Crippen molar-refractivity contribution in [1.82, 2.24) is 10.3 Å². The monoisotopic (exact) mass is 557 g/mol. The molecule has 0 bridgehead atoms. The van der Waals surface area contributed by atoms with Gasteiger partial charge in [0.2, 0.25) is 0 Å². The average Bonchev–Trinajstić information content (AvgIpc) is 2.99. The standard InChI is InChI=1S/C36H35N3O3/c1-36(2,3)42-34(40)32(27-29-19-10-5-11-20-29)37-35(41)39(26-16-21-28-17-8-4-9-18-28)38-33(30-22-12-6-13-23-30)31-24-14-7-15-25-31/h4-15,17-20,22-25,32H,26-27H2,1-3H3,(H,37,41)/t32-/m1/s1. The molecule has 0 heterocycles. The van der Waals surface area contributed by atoms with Gasteiger partial charge in [-0.3, -0.25) is 0 Å². The normalized spacial score (nSPS) is 11.3. The third kappa shape index (κ3) is 9.21. The van der Waals surface area contributed by atoms with Crippen molar-refractivity contribution in [3.8, 4) is 11.8 Å². The molecule has 0 saturated heterocycles. The Kier molecular flexibility index (Phi) is 10.3. The number of nitrogens with zero attached hydrogens (tertiary/aromatic N) is 2. The van der Waals surface area contributed by atoms with Gasteiger partial charge in [-0.15, -0.1) is 0 Å². The Balaban J connectivity index is 1.71. The Labute approximate surface area is 248 Å². The van der Waals surface area contributed by atoms with Crippen LogP contribution in [0.4, 0.5) is 4.79 Å². The molecule has 4 rings (SSSR count). The molecular formula is C36H35N3O3. The summed E-state index contributed by atoms with van der Waals surface area (Å²) in [5, 5.41) is 8.98. The zero-order chi connectivity index (χ0) is 29.8. The van der Waals surface area contributed by atoms with Gasteiger partial charge in [0, 0.05) is 23.1 Å². The number of urea groups is 1. The van der Waals surface area contributed by atoms with Crippen molar-refractivity contribution < 1.29 is 14.3 Å². The predicted octanol–water partition coefficient (Wildman–Crippen LogP) is 6.46. The fraction of sp³-hybridized carbons (Fsp3) is 0.194. The third-order valence-corrected chi connectivity index (χ3v) is 6.06. The van der Waals surface area contributed by atoms with Crippen LogP contribution in [0.25, 0.3) is 0 Å². The first kappa shape index (κ1) is 29.8. The largest absolute Gasteiger partial charge is 0.458 e. The summed E-state index contributed by atoms with van der Waals surface area (Å²) in [6.07, 6.45) is 0.263. The molecule has 0 fully saturated rings. The van der Waals surface area contributed by atoms with E-state index in [1.807, 2.05) is 121 Å². The number of esters is 1. The lowest BCUT2D eigenvalue weighted by Crippen LogP contribution is -2.49. The minimum atomic E-state index is -0.934. The summed E-state index contributed by atoms with van der Waals surface area (Å²) in [5.41, 5.74) is 3.27. The molecule has 42 heavy (non-hydrogen) atoms. The van der Waals surface area contributed by atoms with E-state index in [1.165, 1.54) is 5.01 Å². The van der Waals surface area contributed by atoms with Crippen molar-refractivity contribution >= 4 is 17.7 Å². The highest BCUT2D eigenvalue weighted by Crippen LogP contribution is 2.15. The minimum Gasteiger partial charge on any atom is -0.458 e. The van der Waals surface area contributed by atoms with E-state index in [0.29, 0.717) is 5.71 Å². The van der Waals surface area contributed by atoms with Gasteiger partial charge in [-0.25, -0.2) is 14.6 Å². The summed E-state index contributed by atoms with van der Waals surface area (Å²) in [5.74, 6) is 5.65. The molecule has 212 valence electrons. The number of hydrogen-bond donors (Lipinski definition) is 1. The molecule has 0 spiro atoms. The first-order chi connectivity index (χ1) is 20.3. The SMILES string of the molecule is CC(C)(C)OC(=O)[C@@H](Cc1ccccc1)NC(=O)N(CC#Cc1ccccc1)N=C(c1ccccc1)c1ccccc1. The van der Waals surface area contributed by atoms with Crippen LogP contribution in [-0.2, 0) is 16.0 Å². The van der Waals surface area contributed by atoms with Crippen LogP contribution in [0, 0.1) is 11.8 Å². The highest BCUT2D eigenvalue weighted by Gasteiger charge is 2.29. The van der Waals surface area contributed by atoms with Crippen LogP contribution >= 0.6 is 0 Å². The summed E-state index contributed by atoms with van der Waals surface area (Å²) in [6, 6.07) is 36.9. The maximum atomic E-state index is 13.9. The summed E-state index contributed by atoms with van der Waals surface area (Å²) in [7, 11) is 0. The summed E-state index contributed by atoms with van der Waals surface area (Å²) < 4.78 is 5.68. The van der Waals surface area contributed by atoms with Crippen LogP contribution in [0.15, 0.2) is 126 Å². The van der Waals surface area contributed by atoms with Gasteiger partial charge in [0.25, 0.3) is 0 Å². The zero-order valence-electron chi connectivity index (χ0n) is 24.2. The van der Waals surface area contributed by atoms with E-state index in [0.717, 1.165) is 22.3 Å². The van der Waals surface area contributed by atoms with E-state index in [4.69, 9.17) is 9.84 Å². The quantitative estimate of drug-likeness (QED) is 0.117. The van der Waals surface area contributed by atoms with Crippen LogP contribution < -0.4 is 5.32 Å². The van der Waals surface area contributed by atoms with Crippen LogP contribution in [0.1, 0.15) is 43.0 Å². The zero-order valence-corrected chi connectivity index (χ0v) is 24.2. The Morgan fingerprint density at radius 2 is 1.29 bits per heavy atom. The Morgan fingerprint density at radius 1 is 0.786 bits per heavy atom. The molecule has 0 aromatic heterocycles. The van der Waals surface area contributed by atoms with Gasteiger partial charge in [-0.05, 0) is 38.5 Å². The first-order valence-corrected chi connectivity index (χ1v) is 13.9. The number of carbonyl (C=O) groups excluding carboxylic acids is 2. The topological polar surface area (TPSA) is 71.0 Å². The second-order valence-electron chi connectivity index (χ2n) is 10.6. The van der Waals surface area contributed by atoms with Crippen LogP contribution in [0.2, 0.25) is 0 Å². The number of hydrazone groups is 1. The van der Waals surface area contributed by atoms with E-state index in [2.05, 4.69) is 17.2 Å². The van der Waals surface area contributed by atoms with Gasteiger partial charge in [0.15, 0.2) is 0 Å². The highest BCUT2D eigenvalue weighted by atomic mass is 16.6. The number of amides is 2. The van der Waals surface area contributed by atoms with E-state index < -0.39 is 23.6 Å². The molecule has 0 aliphatic rings. The Hall–Kier alpha value is -5.15. The van der Waals surface area contributed by atoms with Crippen LogP contribution in [0.3, 0.4) is 0 Å². The smallest absolute Gasteiger partial charge is 0.339 e. The van der Waals surface area contributed by atoms with Crippen molar-refractivity contribution in [2.75, 3.05) is 6.54 Å². The molecule has 0 radical (unpaired) electrons. The number of nitrogens with one attached hydrogen (secondary N) is 1. The molecule has 6 heteroatoms. The average molecular weight is 558 g/mol. The van der Waals surface area contributed by atoms with Crippen LogP contribution in [0.5, 0.6) is 0 Å². The van der Waals surface area contributed by atoms with Gasteiger partial charge >= 0.3 is 12.0 Å². The number of hydrogen-bond acceptors (Lipinski definition) is 4. The van der Waals surface area contributed by atoms with Crippen molar-refractivity contribution in [3.05, 3.63) is 144 Å². The first-order valence-electron chi connectivity index (χ1n) is 13.9. The summed E-state index contributed by atoms with van der Waals surface area (Å²) in [4.78, 5) is 27.2. The molecular weight excluding hydrogens is 522 g/mol. The molecule has 1 N–H and O–H groups in total. The van der Waals surface area contributed by atoms with Gasteiger partial charge in [0.05, 0.1) is 5.71 Å². The van der Waals surface area contributed by atoms with Crippen molar-refractivity contribution in [1.29, 1.82) is 0 Å². The fourth-order valence-electron chi connectivity index (χ4n) is 4.12. The maximum Gasteiger partial charge on any atom is 0.339 e. The molecule has 0 unspecified atom stereocenters. The summed E-state index contributed by atoms with van der Waals surface area (Å²) >= 11 is 0. The Morgan fingerprint density at radius 3 is 1.81 bits per heavy atom. The molecule has 0 aliphatic heterocycles. The number of rotatable bonds is 8.